The Bertz CT molecular complexity index is 556. The van der Waals surface area contributed by atoms with E-state index in [1.807, 2.05) is 25.1 Å². The molecule has 1 heterocycles. The molecule has 0 saturated carbocycles. The van der Waals surface area contributed by atoms with Crippen molar-refractivity contribution in [2.75, 3.05) is 11.1 Å². The predicted molar refractivity (Wildman–Crippen MR) is 75.7 cm³/mol. The van der Waals surface area contributed by atoms with Crippen LogP contribution in [0.5, 0.6) is 0 Å². The monoisotopic (exact) mass is 256 g/mol. The zero-order chi connectivity index (χ0) is 13.7. The Morgan fingerprint density at radius 1 is 1.26 bits per heavy atom. The molecule has 2 amide bonds. The van der Waals surface area contributed by atoms with E-state index in [1.54, 1.807) is 30.5 Å². The molecule has 0 bridgehead atoms. The lowest BCUT2D eigenvalue weighted by Gasteiger charge is -2.14. The highest BCUT2D eigenvalue weighted by atomic mass is 16.2. The second-order valence-corrected chi connectivity index (χ2v) is 4.20. The van der Waals surface area contributed by atoms with Gasteiger partial charge in [-0.1, -0.05) is 12.1 Å². The molecule has 1 unspecified atom stereocenters. The van der Waals surface area contributed by atoms with Crippen LogP contribution < -0.4 is 16.4 Å². The summed E-state index contributed by atoms with van der Waals surface area (Å²) in [5.41, 5.74) is 7.72. The molecule has 1 aromatic carbocycles. The molecule has 1 atom stereocenters. The molecule has 0 fully saturated rings. The highest BCUT2D eigenvalue weighted by Crippen LogP contribution is 2.12. The van der Waals surface area contributed by atoms with Crippen molar-refractivity contribution in [1.82, 2.24) is 10.3 Å². The van der Waals surface area contributed by atoms with E-state index < -0.39 is 0 Å². The number of rotatable bonds is 3. The number of carbonyl (C=O) groups excluding carboxylic acids is 1. The summed E-state index contributed by atoms with van der Waals surface area (Å²) < 4.78 is 0. The molecule has 0 spiro atoms. The van der Waals surface area contributed by atoms with Gasteiger partial charge in [0, 0.05) is 17.6 Å². The van der Waals surface area contributed by atoms with Crippen LogP contribution in [-0.2, 0) is 0 Å². The van der Waals surface area contributed by atoms with Gasteiger partial charge in [-0.3, -0.25) is 4.98 Å². The van der Waals surface area contributed by atoms with Crippen molar-refractivity contribution >= 4 is 17.4 Å². The van der Waals surface area contributed by atoms with Crippen molar-refractivity contribution in [3.8, 4) is 0 Å². The minimum atomic E-state index is -0.288. The summed E-state index contributed by atoms with van der Waals surface area (Å²) in [6, 6.07) is 12.2. The molecule has 98 valence electrons. The Labute approximate surface area is 111 Å². The van der Waals surface area contributed by atoms with E-state index >= 15 is 0 Å². The second kappa shape index (κ2) is 5.86. The smallest absolute Gasteiger partial charge is 0.319 e. The number of hydrogen-bond acceptors (Lipinski definition) is 3. The van der Waals surface area contributed by atoms with E-state index in [1.165, 1.54) is 0 Å². The van der Waals surface area contributed by atoms with Crippen molar-refractivity contribution in [3.05, 3.63) is 54.4 Å². The number of carbonyl (C=O) groups is 1. The Kier molecular flexibility index (Phi) is 3.97. The number of amides is 2. The third-order valence-electron chi connectivity index (χ3n) is 2.62. The van der Waals surface area contributed by atoms with Gasteiger partial charge in [0.1, 0.15) is 0 Å². The standard InChI is InChI=1S/C14H16N4O/c1-10(13-7-2-3-8-16-13)17-14(19)18-12-6-4-5-11(15)9-12/h2-10H,15H2,1H3,(H2,17,18,19). The molecule has 2 aromatic rings. The fraction of sp³-hybridized carbons (Fsp3) is 0.143. The number of aromatic nitrogens is 1. The fourth-order valence-corrected chi connectivity index (χ4v) is 1.69. The van der Waals surface area contributed by atoms with Gasteiger partial charge in [-0.05, 0) is 37.3 Å². The van der Waals surface area contributed by atoms with Crippen LogP contribution in [0, 0.1) is 0 Å². The molecule has 0 aliphatic heterocycles. The summed E-state index contributed by atoms with van der Waals surface area (Å²) in [7, 11) is 0. The van der Waals surface area contributed by atoms with Gasteiger partial charge >= 0.3 is 6.03 Å². The molecule has 0 saturated heterocycles. The molecule has 0 aliphatic carbocycles. The fourth-order valence-electron chi connectivity index (χ4n) is 1.69. The average molecular weight is 256 g/mol. The number of pyridine rings is 1. The zero-order valence-corrected chi connectivity index (χ0v) is 10.6. The molecule has 0 radical (unpaired) electrons. The Balaban J connectivity index is 1.95. The number of anilines is 2. The third-order valence-corrected chi connectivity index (χ3v) is 2.62. The maximum absolute atomic E-state index is 11.8. The van der Waals surface area contributed by atoms with E-state index in [0.29, 0.717) is 11.4 Å². The number of urea groups is 1. The van der Waals surface area contributed by atoms with Gasteiger partial charge in [-0.25, -0.2) is 4.79 Å². The van der Waals surface area contributed by atoms with Crippen LogP contribution in [-0.4, -0.2) is 11.0 Å². The number of nitrogen functional groups attached to an aromatic ring is 1. The molecule has 19 heavy (non-hydrogen) atoms. The lowest BCUT2D eigenvalue weighted by atomic mass is 10.2. The predicted octanol–water partition coefficient (Wildman–Crippen LogP) is 2.55. The lowest BCUT2D eigenvalue weighted by Crippen LogP contribution is -2.31. The van der Waals surface area contributed by atoms with Gasteiger partial charge in [-0.2, -0.15) is 0 Å². The number of nitrogens with zero attached hydrogens (tertiary/aromatic N) is 1. The number of benzene rings is 1. The van der Waals surface area contributed by atoms with Gasteiger partial charge < -0.3 is 16.4 Å². The second-order valence-electron chi connectivity index (χ2n) is 4.20. The first-order valence-corrected chi connectivity index (χ1v) is 5.99. The van der Waals surface area contributed by atoms with Gasteiger partial charge in [0.05, 0.1) is 11.7 Å². The SMILES string of the molecule is CC(NC(=O)Nc1cccc(N)c1)c1ccccn1. The minimum Gasteiger partial charge on any atom is -0.399 e. The van der Waals surface area contributed by atoms with Gasteiger partial charge in [-0.15, -0.1) is 0 Å². The van der Waals surface area contributed by atoms with Gasteiger partial charge in [0.2, 0.25) is 0 Å². The highest BCUT2D eigenvalue weighted by Gasteiger charge is 2.10. The molecule has 5 heteroatoms. The molecule has 5 nitrogen and oxygen atoms in total. The van der Waals surface area contributed by atoms with Gasteiger partial charge in [0.15, 0.2) is 0 Å². The van der Waals surface area contributed by atoms with Crippen molar-refractivity contribution in [1.29, 1.82) is 0 Å². The maximum Gasteiger partial charge on any atom is 0.319 e. The first-order valence-electron chi connectivity index (χ1n) is 5.99. The van der Waals surface area contributed by atoms with Crippen molar-refractivity contribution in [2.24, 2.45) is 0 Å². The summed E-state index contributed by atoms with van der Waals surface area (Å²) in [5, 5.41) is 5.54. The Hall–Kier alpha value is -2.56. The molecule has 4 N–H and O–H groups in total. The van der Waals surface area contributed by atoms with Crippen LogP contribution in [0.25, 0.3) is 0 Å². The average Bonchev–Trinajstić information content (AvgIpc) is 2.39. The van der Waals surface area contributed by atoms with Crippen LogP contribution in [0.15, 0.2) is 48.7 Å². The van der Waals surface area contributed by atoms with E-state index in [2.05, 4.69) is 15.6 Å². The summed E-state index contributed by atoms with van der Waals surface area (Å²) in [4.78, 5) is 16.0. The normalized spacial score (nSPS) is 11.6. The zero-order valence-electron chi connectivity index (χ0n) is 10.6. The van der Waals surface area contributed by atoms with Crippen molar-refractivity contribution < 1.29 is 4.79 Å². The summed E-state index contributed by atoms with van der Waals surface area (Å²) in [6.07, 6.45) is 1.70. The van der Waals surface area contributed by atoms with Gasteiger partial charge in [0.25, 0.3) is 0 Å². The van der Waals surface area contributed by atoms with E-state index in [4.69, 9.17) is 5.73 Å². The van der Waals surface area contributed by atoms with E-state index in [-0.39, 0.29) is 12.1 Å². The summed E-state index contributed by atoms with van der Waals surface area (Å²) in [6.45, 7) is 1.88. The summed E-state index contributed by atoms with van der Waals surface area (Å²) >= 11 is 0. The summed E-state index contributed by atoms with van der Waals surface area (Å²) in [5.74, 6) is 0. The highest BCUT2D eigenvalue weighted by molar-refractivity contribution is 5.89. The van der Waals surface area contributed by atoms with Crippen molar-refractivity contribution in [2.45, 2.75) is 13.0 Å². The minimum absolute atomic E-state index is 0.165. The third kappa shape index (κ3) is 3.70. The van der Waals surface area contributed by atoms with Crippen LogP contribution >= 0.6 is 0 Å². The van der Waals surface area contributed by atoms with E-state index in [9.17, 15) is 4.79 Å². The molecule has 0 aliphatic rings. The quantitative estimate of drug-likeness (QED) is 0.738. The number of nitrogens with one attached hydrogen (secondary N) is 2. The van der Waals surface area contributed by atoms with E-state index in [0.717, 1.165) is 5.69 Å². The maximum atomic E-state index is 11.8. The van der Waals surface area contributed by atoms with Crippen LogP contribution in [0.4, 0.5) is 16.2 Å². The molecule has 2 rings (SSSR count). The molecule has 1 aromatic heterocycles. The molecular formula is C14H16N4O. The number of nitrogens with two attached hydrogens (primary N) is 1. The topological polar surface area (TPSA) is 80.0 Å². The van der Waals surface area contributed by atoms with Crippen LogP contribution in [0.1, 0.15) is 18.7 Å². The number of hydrogen-bond donors (Lipinski definition) is 3. The van der Waals surface area contributed by atoms with Crippen LogP contribution in [0.2, 0.25) is 0 Å². The van der Waals surface area contributed by atoms with Crippen molar-refractivity contribution in [3.63, 3.8) is 0 Å². The Morgan fingerprint density at radius 2 is 2.11 bits per heavy atom. The first-order chi connectivity index (χ1) is 9.15. The van der Waals surface area contributed by atoms with Crippen LogP contribution in [0.3, 0.4) is 0 Å². The molecular weight excluding hydrogens is 240 g/mol. The largest absolute Gasteiger partial charge is 0.399 e. The first kappa shape index (κ1) is 12.9. The Morgan fingerprint density at radius 3 is 2.79 bits per heavy atom. The lowest BCUT2D eigenvalue weighted by molar-refractivity contribution is 0.249.